The summed E-state index contributed by atoms with van der Waals surface area (Å²) in [5, 5.41) is 0. The lowest BCUT2D eigenvalue weighted by atomic mass is 10.1. The van der Waals surface area contributed by atoms with E-state index in [2.05, 4.69) is 20.9 Å². The van der Waals surface area contributed by atoms with Gasteiger partial charge in [0.2, 0.25) is 0 Å². The number of fused-ring (bicyclic) bond motifs is 1. The van der Waals surface area contributed by atoms with Crippen LogP contribution in [0.1, 0.15) is 0 Å². The summed E-state index contributed by atoms with van der Waals surface area (Å²) in [6.45, 7) is 0. The average Bonchev–Trinajstić information content (AvgIpc) is 2.77. The average molecular weight is 318 g/mol. The van der Waals surface area contributed by atoms with Crippen LogP contribution in [0.3, 0.4) is 0 Å². The van der Waals surface area contributed by atoms with Crippen LogP contribution in [-0.4, -0.2) is 16.5 Å². The normalized spacial score (nSPS) is 10.8. The number of imidazole rings is 1. The van der Waals surface area contributed by atoms with Crippen LogP contribution in [-0.2, 0) is 0 Å². The Morgan fingerprint density at radius 2 is 2.11 bits per heavy atom. The smallest absolute Gasteiger partial charge is 0.139 e. The maximum atomic E-state index is 6.15. The fourth-order valence-electron chi connectivity index (χ4n) is 2.04. The van der Waals surface area contributed by atoms with Gasteiger partial charge in [0.1, 0.15) is 22.9 Å². The van der Waals surface area contributed by atoms with Crippen molar-refractivity contribution in [2.75, 3.05) is 12.8 Å². The van der Waals surface area contributed by atoms with Gasteiger partial charge < -0.3 is 10.5 Å². The van der Waals surface area contributed by atoms with E-state index < -0.39 is 0 Å². The number of pyridine rings is 1. The van der Waals surface area contributed by atoms with E-state index in [0.717, 1.165) is 27.1 Å². The second kappa shape index (κ2) is 4.59. The van der Waals surface area contributed by atoms with Gasteiger partial charge in [0.15, 0.2) is 0 Å². The Labute approximate surface area is 119 Å². The SMILES string of the molecule is COc1ccc(-c2nc3ccccn3c2N)cc1Br. The highest BCUT2D eigenvalue weighted by Crippen LogP contribution is 2.32. The zero-order valence-electron chi connectivity index (χ0n) is 10.3. The zero-order chi connectivity index (χ0) is 13.4. The molecule has 0 bridgehead atoms. The van der Waals surface area contributed by atoms with E-state index in [1.165, 1.54) is 0 Å². The number of hydrogen-bond acceptors (Lipinski definition) is 3. The van der Waals surface area contributed by atoms with E-state index >= 15 is 0 Å². The molecule has 0 atom stereocenters. The van der Waals surface area contributed by atoms with Crippen LogP contribution in [0.2, 0.25) is 0 Å². The summed E-state index contributed by atoms with van der Waals surface area (Å²) in [6.07, 6.45) is 1.90. The van der Waals surface area contributed by atoms with Crippen LogP contribution in [0.25, 0.3) is 16.9 Å². The molecule has 0 spiro atoms. The number of nitrogens with zero attached hydrogens (tertiary/aromatic N) is 2. The van der Waals surface area contributed by atoms with Crippen molar-refractivity contribution in [1.29, 1.82) is 0 Å². The van der Waals surface area contributed by atoms with E-state index in [9.17, 15) is 0 Å². The van der Waals surface area contributed by atoms with E-state index in [1.807, 2.05) is 47.0 Å². The Balaban J connectivity index is 2.19. The fraction of sp³-hybridized carbons (Fsp3) is 0.0714. The molecule has 2 N–H and O–H groups in total. The molecule has 0 radical (unpaired) electrons. The van der Waals surface area contributed by atoms with E-state index in [0.29, 0.717) is 5.82 Å². The number of rotatable bonds is 2. The molecule has 0 amide bonds. The second-order valence-electron chi connectivity index (χ2n) is 4.12. The predicted octanol–water partition coefficient (Wildman–Crippen LogP) is 3.35. The van der Waals surface area contributed by atoms with Crippen molar-refractivity contribution < 1.29 is 4.74 Å². The molecule has 3 rings (SSSR count). The van der Waals surface area contributed by atoms with Crippen molar-refractivity contribution in [3.05, 3.63) is 47.1 Å². The molecule has 0 fully saturated rings. The molecule has 19 heavy (non-hydrogen) atoms. The summed E-state index contributed by atoms with van der Waals surface area (Å²) in [5.74, 6) is 1.42. The highest BCUT2D eigenvalue weighted by atomic mass is 79.9. The lowest BCUT2D eigenvalue weighted by molar-refractivity contribution is 0.412. The van der Waals surface area contributed by atoms with Crippen LogP contribution in [0.4, 0.5) is 5.82 Å². The lowest BCUT2D eigenvalue weighted by Gasteiger charge is -2.05. The molecule has 5 heteroatoms. The number of anilines is 1. The van der Waals surface area contributed by atoms with Gasteiger partial charge >= 0.3 is 0 Å². The van der Waals surface area contributed by atoms with Gasteiger partial charge in [0.05, 0.1) is 11.6 Å². The molecule has 1 aromatic carbocycles. The Bertz CT molecular complexity index is 752. The number of methoxy groups -OCH3 is 1. The van der Waals surface area contributed by atoms with Gasteiger partial charge in [-0.2, -0.15) is 0 Å². The molecule has 3 aromatic rings. The topological polar surface area (TPSA) is 52.5 Å². The van der Waals surface area contributed by atoms with Crippen molar-refractivity contribution in [3.8, 4) is 17.0 Å². The maximum Gasteiger partial charge on any atom is 0.139 e. The third-order valence-corrected chi connectivity index (χ3v) is 3.61. The fourth-order valence-corrected chi connectivity index (χ4v) is 2.58. The second-order valence-corrected chi connectivity index (χ2v) is 4.98. The number of hydrogen-bond donors (Lipinski definition) is 1. The minimum atomic E-state index is 0.632. The molecule has 0 aliphatic carbocycles. The first kappa shape index (κ1) is 12.0. The molecule has 0 aliphatic heterocycles. The molecule has 96 valence electrons. The standard InChI is InChI=1S/C14H12BrN3O/c1-19-11-6-5-9(8-10(11)15)13-14(16)18-7-3-2-4-12(18)17-13/h2-8H,16H2,1H3. The molecular formula is C14H12BrN3O. The summed E-state index contributed by atoms with van der Waals surface area (Å²) in [6, 6.07) is 11.6. The minimum absolute atomic E-state index is 0.632. The summed E-state index contributed by atoms with van der Waals surface area (Å²) < 4.78 is 7.97. The first-order chi connectivity index (χ1) is 9.20. The van der Waals surface area contributed by atoms with Gasteiger partial charge in [-0.15, -0.1) is 0 Å². The van der Waals surface area contributed by atoms with Crippen LogP contribution < -0.4 is 10.5 Å². The number of nitrogen functional groups attached to an aromatic ring is 1. The monoisotopic (exact) mass is 317 g/mol. The predicted molar refractivity (Wildman–Crippen MR) is 79.3 cm³/mol. The van der Waals surface area contributed by atoms with Crippen molar-refractivity contribution in [2.45, 2.75) is 0 Å². The first-order valence-electron chi connectivity index (χ1n) is 5.77. The van der Waals surface area contributed by atoms with Crippen LogP contribution in [0, 0.1) is 0 Å². The molecule has 0 unspecified atom stereocenters. The molecule has 4 nitrogen and oxygen atoms in total. The van der Waals surface area contributed by atoms with Crippen LogP contribution in [0.5, 0.6) is 5.75 Å². The van der Waals surface area contributed by atoms with Crippen molar-refractivity contribution >= 4 is 27.4 Å². The van der Waals surface area contributed by atoms with Crippen LogP contribution >= 0.6 is 15.9 Å². The molecule has 0 aliphatic rings. The number of benzene rings is 1. The Hall–Kier alpha value is -2.01. The van der Waals surface area contributed by atoms with E-state index in [4.69, 9.17) is 10.5 Å². The number of nitrogens with two attached hydrogens (primary N) is 1. The van der Waals surface area contributed by atoms with Gasteiger partial charge in [-0.25, -0.2) is 4.98 Å². The Kier molecular flexibility index (Phi) is 2.91. The minimum Gasteiger partial charge on any atom is -0.496 e. The summed E-state index contributed by atoms with van der Waals surface area (Å²) >= 11 is 3.47. The summed E-state index contributed by atoms with van der Waals surface area (Å²) in [7, 11) is 1.64. The molecule has 2 heterocycles. The van der Waals surface area contributed by atoms with Crippen molar-refractivity contribution in [1.82, 2.24) is 9.38 Å². The largest absolute Gasteiger partial charge is 0.496 e. The zero-order valence-corrected chi connectivity index (χ0v) is 11.9. The highest BCUT2D eigenvalue weighted by molar-refractivity contribution is 9.10. The van der Waals surface area contributed by atoms with Crippen LogP contribution in [0.15, 0.2) is 47.1 Å². The van der Waals surface area contributed by atoms with Gasteiger partial charge in [-0.05, 0) is 46.3 Å². The van der Waals surface area contributed by atoms with Crippen molar-refractivity contribution in [2.24, 2.45) is 0 Å². The summed E-state index contributed by atoms with van der Waals surface area (Å²) in [4.78, 5) is 4.56. The quantitative estimate of drug-likeness (QED) is 0.788. The van der Waals surface area contributed by atoms with Gasteiger partial charge in [0.25, 0.3) is 0 Å². The maximum absolute atomic E-state index is 6.15. The number of aromatic nitrogens is 2. The lowest BCUT2D eigenvalue weighted by Crippen LogP contribution is -1.93. The van der Waals surface area contributed by atoms with Gasteiger partial charge in [0, 0.05) is 11.8 Å². The third-order valence-electron chi connectivity index (χ3n) is 2.99. The molecule has 0 saturated carbocycles. The molecular weight excluding hydrogens is 306 g/mol. The summed E-state index contributed by atoms with van der Waals surface area (Å²) in [5.41, 5.74) is 8.71. The molecule has 2 aromatic heterocycles. The van der Waals surface area contributed by atoms with Crippen molar-refractivity contribution in [3.63, 3.8) is 0 Å². The highest BCUT2D eigenvalue weighted by Gasteiger charge is 2.12. The number of halogens is 1. The Morgan fingerprint density at radius 1 is 1.26 bits per heavy atom. The Morgan fingerprint density at radius 3 is 2.79 bits per heavy atom. The van der Waals surface area contributed by atoms with E-state index in [-0.39, 0.29) is 0 Å². The molecule has 0 saturated heterocycles. The third kappa shape index (κ3) is 1.96. The first-order valence-corrected chi connectivity index (χ1v) is 6.56. The van der Waals surface area contributed by atoms with Gasteiger partial charge in [-0.3, -0.25) is 4.40 Å². The number of ether oxygens (including phenoxy) is 1. The van der Waals surface area contributed by atoms with Gasteiger partial charge in [-0.1, -0.05) is 6.07 Å². The van der Waals surface area contributed by atoms with E-state index in [1.54, 1.807) is 7.11 Å².